The van der Waals surface area contributed by atoms with Crippen LogP contribution >= 0.6 is 8.03 Å². The molecule has 0 amide bonds. The summed E-state index contributed by atoms with van der Waals surface area (Å²) in [6.45, 7) is 57.5. The number of rotatable bonds is 11. The Hall–Kier alpha value is -4.38. The molecule has 78 heavy (non-hydrogen) atoms. The van der Waals surface area contributed by atoms with Gasteiger partial charge >= 0.3 is 8.03 Å². The van der Waals surface area contributed by atoms with Crippen LogP contribution in [0, 0.1) is 5.41 Å². The van der Waals surface area contributed by atoms with Gasteiger partial charge in [-0.3, -0.25) is 0 Å². The quantitative estimate of drug-likeness (QED) is 0.0877. The van der Waals surface area contributed by atoms with Crippen molar-refractivity contribution in [2.45, 2.75) is 274 Å². The molecule has 1 unspecified atom stereocenters. The minimum atomic E-state index is -3.16. The van der Waals surface area contributed by atoms with Crippen molar-refractivity contribution >= 4 is 8.03 Å². The molecule has 0 radical (unpaired) electrons. The van der Waals surface area contributed by atoms with Crippen molar-refractivity contribution in [2.24, 2.45) is 5.41 Å². The van der Waals surface area contributed by atoms with E-state index >= 15 is 0 Å². The number of allylic oxidation sites excluding steroid dienone is 4. The smallest absolute Gasteiger partial charge is 0.324 e. The largest absolute Gasteiger partial charge is 0.595 e. The van der Waals surface area contributed by atoms with Crippen LogP contribution in [0.4, 0.5) is 0 Å². The molecule has 5 rings (SSSR count). The van der Waals surface area contributed by atoms with Crippen LogP contribution in [0.5, 0.6) is 23.0 Å². The zero-order valence-corrected chi connectivity index (χ0v) is 54.8. The van der Waals surface area contributed by atoms with E-state index in [1.807, 2.05) is 6.92 Å². The second-order valence-electron chi connectivity index (χ2n) is 32.2. The van der Waals surface area contributed by atoms with Gasteiger partial charge in [0.2, 0.25) is 5.16 Å². The number of phenolic OH excluding ortho intramolecular Hbond substituents is 4. The molecule has 0 fully saturated rings. The Balaban J connectivity index is 2.03. The highest BCUT2D eigenvalue weighted by Gasteiger charge is 2.55. The molecule has 4 N–H and O–H groups in total. The monoisotopic (exact) mass is 1080 g/mol. The van der Waals surface area contributed by atoms with Crippen molar-refractivity contribution in [1.82, 2.24) is 0 Å². The van der Waals surface area contributed by atoms with E-state index in [1.54, 1.807) is 0 Å². The van der Waals surface area contributed by atoms with Crippen molar-refractivity contribution in [1.29, 1.82) is 0 Å². The first-order chi connectivity index (χ1) is 34.9. The van der Waals surface area contributed by atoms with E-state index in [0.29, 0.717) is 37.2 Å². The van der Waals surface area contributed by atoms with E-state index in [9.17, 15) is 29.9 Å². The first kappa shape index (κ1) is 64.4. The van der Waals surface area contributed by atoms with Crippen LogP contribution < -0.4 is 4.89 Å². The summed E-state index contributed by atoms with van der Waals surface area (Å²) in [7, 11) is -3.16. The summed E-state index contributed by atoms with van der Waals surface area (Å²) < 4.78 is 15.0. The summed E-state index contributed by atoms with van der Waals surface area (Å²) in [6.07, 6.45) is 3.40. The topological polar surface area (TPSA) is 121 Å². The van der Waals surface area contributed by atoms with E-state index in [-0.39, 0.29) is 33.2 Å². The lowest BCUT2D eigenvalue weighted by Gasteiger charge is -2.47. The summed E-state index contributed by atoms with van der Waals surface area (Å²) >= 11 is 0. The Bertz CT molecular complexity index is 2760. The Kier molecular flexibility index (Phi) is 17.5. The van der Waals surface area contributed by atoms with Gasteiger partial charge in [-0.05, 0) is 181 Å². The number of aryl methyl sites for hydroxylation is 1. The average Bonchev–Trinajstić information content (AvgIpc) is 3.24. The third-order valence-electron chi connectivity index (χ3n) is 17.4. The van der Waals surface area contributed by atoms with E-state index in [4.69, 9.17) is 0 Å². The second kappa shape index (κ2) is 21.2. The molecule has 6 nitrogen and oxygen atoms in total. The van der Waals surface area contributed by atoms with Crippen LogP contribution in [-0.2, 0) is 73.6 Å². The van der Waals surface area contributed by atoms with Gasteiger partial charge in [0.15, 0.2) is 0 Å². The van der Waals surface area contributed by atoms with Crippen molar-refractivity contribution < 1.29 is 29.9 Å². The molecule has 0 saturated heterocycles. The van der Waals surface area contributed by atoms with Gasteiger partial charge in [-0.15, -0.1) is 0 Å². The second-order valence-corrected chi connectivity index (χ2v) is 33.6. The Labute approximate surface area is 475 Å². The minimum Gasteiger partial charge on any atom is -0.595 e. The van der Waals surface area contributed by atoms with E-state index < -0.39 is 40.3 Å². The fourth-order valence-electron chi connectivity index (χ4n) is 12.5. The van der Waals surface area contributed by atoms with Crippen molar-refractivity contribution in [3.8, 4) is 23.0 Å². The number of hydrogen-bond acceptors (Lipinski definition) is 6. The molecule has 0 spiro atoms. The maximum atomic E-state index is 15.0. The molecule has 430 valence electrons. The summed E-state index contributed by atoms with van der Waals surface area (Å²) in [5.41, 5.74) is 11.0. The summed E-state index contributed by atoms with van der Waals surface area (Å²) in [5, 5.41) is 46.6. The Morgan fingerprint density at radius 2 is 0.615 bits per heavy atom. The standard InChI is InChI=1S/C71H105O6P/c1-42-48(33-45-35-52(64(9,10)11)59(73)53(36-45)65(12,13)14)70(27,78(76)77)49(34-46-37-54(66(15,16)17)60(74)55(38-46)67(18,19)20)43(2)71(42,41-47-39-56(68(21,22)23)61(75)57(40-47)69(24,25)26)30-28-29-44-31-50(62(3,4)5)58(72)51(32-44)63(6,7)8/h31-32,35-40,72-75H,28-30,33-34,41H2,1-27H3. The summed E-state index contributed by atoms with van der Waals surface area (Å²) in [5.74, 6) is 1.23. The normalized spacial score (nSPS) is 18.8. The van der Waals surface area contributed by atoms with E-state index in [2.05, 4.69) is 229 Å². The van der Waals surface area contributed by atoms with Crippen molar-refractivity contribution in [3.05, 3.63) is 138 Å². The highest BCUT2D eigenvalue weighted by atomic mass is 31.1. The van der Waals surface area contributed by atoms with Gasteiger partial charge in [-0.2, -0.15) is 0 Å². The zero-order valence-electron chi connectivity index (χ0n) is 53.9. The van der Waals surface area contributed by atoms with Crippen LogP contribution in [0.1, 0.15) is 267 Å². The molecular formula is C71H105O6P. The van der Waals surface area contributed by atoms with Gasteiger partial charge in [0.25, 0.3) is 0 Å². The highest BCUT2D eigenvalue weighted by molar-refractivity contribution is 7.39. The first-order valence-corrected chi connectivity index (χ1v) is 30.1. The van der Waals surface area contributed by atoms with Crippen molar-refractivity contribution in [3.63, 3.8) is 0 Å². The lowest BCUT2D eigenvalue weighted by Crippen LogP contribution is -2.43. The third-order valence-corrected chi connectivity index (χ3v) is 18.6. The van der Waals surface area contributed by atoms with Gasteiger partial charge in [-0.1, -0.05) is 230 Å². The SMILES string of the molecule is CC1=C(Cc2cc(C(C)(C)C)c(O)c(C(C)(C)C)c2)C(C)([P+](=O)[O-])C(Cc2cc(C(C)(C)C)c(O)c(C(C)(C)C)c2)=C(C)C1(CCCc1cc(C(C)(C)C)c(O)c(C(C)(C)C)c1)Cc1cc(C(C)(C)C)c(O)c(C(C)(C)C)c1. The maximum Gasteiger partial charge on any atom is 0.324 e. The van der Waals surface area contributed by atoms with E-state index in [1.165, 1.54) is 0 Å². The van der Waals surface area contributed by atoms with Crippen LogP contribution in [0.3, 0.4) is 0 Å². The van der Waals surface area contributed by atoms with Crippen LogP contribution in [-0.4, -0.2) is 25.6 Å². The van der Waals surface area contributed by atoms with Gasteiger partial charge in [-0.25, -0.2) is 0 Å². The minimum absolute atomic E-state index is 0.281. The molecule has 7 heteroatoms. The average molecular weight is 1090 g/mol. The van der Waals surface area contributed by atoms with Gasteiger partial charge < -0.3 is 25.3 Å². The lowest BCUT2D eigenvalue weighted by molar-refractivity contribution is -0.167. The summed E-state index contributed by atoms with van der Waals surface area (Å²) in [6, 6.07) is 17.2. The predicted molar refractivity (Wildman–Crippen MR) is 330 cm³/mol. The molecule has 0 aromatic heterocycles. The fourth-order valence-corrected chi connectivity index (χ4v) is 13.4. The Morgan fingerprint density at radius 3 is 0.833 bits per heavy atom. The van der Waals surface area contributed by atoms with E-state index in [0.717, 1.165) is 102 Å². The molecule has 1 aliphatic rings. The molecule has 4 aromatic rings. The van der Waals surface area contributed by atoms with Gasteiger partial charge in [0.05, 0.1) is 0 Å². The molecule has 0 bridgehead atoms. The van der Waals surface area contributed by atoms with Crippen LogP contribution in [0.2, 0.25) is 0 Å². The molecule has 0 heterocycles. The van der Waals surface area contributed by atoms with Gasteiger partial charge in [0.1, 0.15) is 23.0 Å². The lowest BCUT2D eigenvalue weighted by atomic mass is 9.58. The molecule has 4 aromatic carbocycles. The number of benzene rings is 4. The predicted octanol–water partition coefficient (Wildman–Crippen LogP) is 18.4. The first-order valence-electron chi connectivity index (χ1n) is 28.9. The summed E-state index contributed by atoms with van der Waals surface area (Å²) in [4.78, 5) is 15.0. The number of hydrogen-bond donors (Lipinski definition) is 4. The molecule has 1 atom stereocenters. The molecule has 1 aliphatic carbocycles. The van der Waals surface area contributed by atoms with Crippen LogP contribution in [0.25, 0.3) is 0 Å². The maximum absolute atomic E-state index is 15.0. The van der Waals surface area contributed by atoms with Crippen molar-refractivity contribution in [2.75, 3.05) is 0 Å². The Morgan fingerprint density at radius 1 is 0.397 bits per heavy atom. The van der Waals surface area contributed by atoms with Crippen LogP contribution in [0.15, 0.2) is 70.8 Å². The fraction of sp³-hybridized carbons (Fsp3) is 0.606. The zero-order chi connectivity index (χ0) is 60.0. The molecular weight excluding hydrogens is 980 g/mol. The van der Waals surface area contributed by atoms with Gasteiger partial charge in [0, 0.05) is 5.41 Å². The highest BCUT2D eigenvalue weighted by Crippen LogP contribution is 2.61. The number of aromatic hydroxyl groups is 4. The number of phenols is 4. The molecule has 0 saturated carbocycles. The molecule has 0 aliphatic heterocycles. The third kappa shape index (κ3) is 13.0.